The Kier molecular flexibility index (Phi) is 4.55. The zero-order chi connectivity index (χ0) is 19.3. The maximum absolute atomic E-state index is 6.46. The molecule has 4 aromatic rings. The predicted molar refractivity (Wildman–Crippen MR) is 123 cm³/mol. The van der Waals surface area contributed by atoms with E-state index in [9.17, 15) is 0 Å². The lowest BCUT2D eigenvalue weighted by molar-refractivity contribution is 1.26. The summed E-state index contributed by atoms with van der Waals surface area (Å²) < 4.78 is 1.01. The van der Waals surface area contributed by atoms with Gasteiger partial charge in [-0.2, -0.15) is 0 Å². The van der Waals surface area contributed by atoms with Crippen LogP contribution in [0.25, 0.3) is 33.4 Å². The fourth-order valence-corrected chi connectivity index (χ4v) is 4.89. The van der Waals surface area contributed by atoms with Crippen LogP contribution in [0.3, 0.4) is 0 Å². The Labute approximate surface area is 182 Å². The molecule has 3 heteroatoms. The first-order valence-electron chi connectivity index (χ1n) is 9.07. The number of rotatable bonds is 2. The lowest BCUT2D eigenvalue weighted by Crippen LogP contribution is -1.87. The van der Waals surface area contributed by atoms with Crippen LogP contribution in [-0.2, 0) is 6.42 Å². The molecular weight excluding hydrogens is 451 g/mol. The number of benzene rings is 4. The average Bonchev–Trinajstić information content (AvgIpc) is 3.07. The van der Waals surface area contributed by atoms with Crippen LogP contribution in [0, 0.1) is 0 Å². The molecule has 0 unspecified atom stereocenters. The first-order valence-corrected chi connectivity index (χ1v) is 10.6. The van der Waals surface area contributed by atoms with Gasteiger partial charge in [-0.15, -0.1) is 0 Å². The summed E-state index contributed by atoms with van der Waals surface area (Å²) in [6.45, 7) is 0. The Hall–Kier alpha value is -2.06. The second-order valence-electron chi connectivity index (χ2n) is 7.02. The van der Waals surface area contributed by atoms with Crippen molar-refractivity contribution < 1.29 is 0 Å². The number of hydrogen-bond donors (Lipinski definition) is 0. The van der Waals surface area contributed by atoms with Crippen LogP contribution in [0.5, 0.6) is 0 Å². The third-order valence-electron chi connectivity index (χ3n) is 5.32. The van der Waals surface area contributed by atoms with Crippen LogP contribution in [-0.4, -0.2) is 0 Å². The van der Waals surface area contributed by atoms with Crippen molar-refractivity contribution in [2.75, 3.05) is 0 Å². The Morgan fingerprint density at radius 3 is 2.14 bits per heavy atom. The molecule has 0 atom stereocenters. The van der Waals surface area contributed by atoms with E-state index in [2.05, 4.69) is 76.6 Å². The normalized spacial score (nSPS) is 12.0. The molecule has 4 aromatic carbocycles. The van der Waals surface area contributed by atoms with E-state index in [0.717, 1.165) is 27.6 Å². The quantitative estimate of drug-likeness (QED) is 0.244. The van der Waals surface area contributed by atoms with Gasteiger partial charge in [-0.05, 0) is 75.7 Å². The summed E-state index contributed by atoms with van der Waals surface area (Å²) in [5, 5.41) is 1.28. The highest BCUT2D eigenvalue weighted by Gasteiger charge is 2.18. The molecule has 0 saturated carbocycles. The molecule has 1 aliphatic rings. The van der Waals surface area contributed by atoms with Crippen LogP contribution in [0.15, 0.2) is 83.3 Å². The van der Waals surface area contributed by atoms with Gasteiger partial charge in [0.05, 0.1) is 0 Å². The minimum Gasteiger partial charge on any atom is -0.0843 e. The summed E-state index contributed by atoms with van der Waals surface area (Å²) in [5.41, 5.74) is 9.86. The fourth-order valence-electron chi connectivity index (χ4n) is 3.92. The van der Waals surface area contributed by atoms with Crippen LogP contribution in [0.1, 0.15) is 11.1 Å². The van der Waals surface area contributed by atoms with Crippen molar-refractivity contribution in [2.45, 2.75) is 6.42 Å². The predicted octanol–water partition coefficient (Wildman–Crippen LogP) is 8.66. The molecule has 0 aliphatic heterocycles. The maximum atomic E-state index is 6.46. The van der Waals surface area contributed by atoms with E-state index in [1.807, 2.05) is 12.1 Å². The van der Waals surface area contributed by atoms with Crippen molar-refractivity contribution in [1.29, 1.82) is 0 Å². The molecule has 0 spiro atoms. The van der Waals surface area contributed by atoms with Crippen LogP contribution in [0.4, 0.5) is 0 Å². The highest BCUT2D eigenvalue weighted by molar-refractivity contribution is 9.10. The molecule has 0 saturated heterocycles. The highest BCUT2D eigenvalue weighted by Crippen LogP contribution is 2.41. The van der Waals surface area contributed by atoms with E-state index in [1.54, 1.807) is 6.07 Å². The van der Waals surface area contributed by atoms with Crippen LogP contribution >= 0.6 is 39.1 Å². The molecule has 0 bridgehead atoms. The lowest BCUT2D eigenvalue weighted by atomic mass is 9.96. The van der Waals surface area contributed by atoms with E-state index in [-0.39, 0.29) is 0 Å². The molecule has 0 fully saturated rings. The van der Waals surface area contributed by atoms with E-state index in [0.29, 0.717) is 10.0 Å². The summed E-state index contributed by atoms with van der Waals surface area (Å²) in [4.78, 5) is 0. The third kappa shape index (κ3) is 3.08. The molecule has 0 heterocycles. The lowest BCUT2D eigenvalue weighted by Gasteiger charge is -2.12. The second kappa shape index (κ2) is 7.08. The monoisotopic (exact) mass is 464 g/mol. The highest BCUT2D eigenvalue weighted by atomic mass is 79.9. The van der Waals surface area contributed by atoms with Crippen LogP contribution in [0.2, 0.25) is 10.0 Å². The number of hydrogen-bond acceptors (Lipinski definition) is 0. The summed E-state index contributed by atoms with van der Waals surface area (Å²) in [7, 11) is 0. The third-order valence-corrected chi connectivity index (χ3v) is 6.56. The van der Waals surface area contributed by atoms with Gasteiger partial charge in [-0.3, -0.25) is 0 Å². The van der Waals surface area contributed by atoms with Crippen molar-refractivity contribution in [3.05, 3.63) is 105 Å². The van der Waals surface area contributed by atoms with Gasteiger partial charge in [0.15, 0.2) is 0 Å². The van der Waals surface area contributed by atoms with E-state index >= 15 is 0 Å². The molecule has 136 valence electrons. The van der Waals surface area contributed by atoms with Gasteiger partial charge in [0.25, 0.3) is 0 Å². The Balaban J connectivity index is 1.62. The van der Waals surface area contributed by atoms with Crippen molar-refractivity contribution in [1.82, 2.24) is 0 Å². The van der Waals surface area contributed by atoms with Gasteiger partial charge >= 0.3 is 0 Å². The molecule has 0 aromatic heterocycles. The smallest absolute Gasteiger partial charge is 0.0499 e. The number of halogens is 3. The molecular formula is C25H15BrCl2. The molecule has 0 N–H and O–H groups in total. The summed E-state index contributed by atoms with van der Waals surface area (Å²) in [6.07, 6.45) is 1.01. The molecule has 1 aliphatic carbocycles. The second-order valence-corrected chi connectivity index (χ2v) is 8.72. The first kappa shape index (κ1) is 18.0. The van der Waals surface area contributed by atoms with Crippen LogP contribution < -0.4 is 0 Å². The minimum absolute atomic E-state index is 0.637. The van der Waals surface area contributed by atoms with E-state index < -0.39 is 0 Å². The Bertz CT molecular complexity index is 1230. The number of fused-ring (bicyclic) bond motifs is 3. The largest absolute Gasteiger partial charge is 0.0843 e. The molecule has 0 radical (unpaired) electrons. The first-order chi connectivity index (χ1) is 13.6. The molecule has 28 heavy (non-hydrogen) atoms. The minimum atomic E-state index is 0.637. The standard InChI is InChI=1S/C25H15BrCl2/c26-24-10-7-16(13-23(24)21-9-8-19(27)14-25(21)28)15-5-6-18-11-17-3-1-2-4-20(17)22(18)12-15/h1-10,12-14H,11H2. The van der Waals surface area contributed by atoms with Crippen molar-refractivity contribution in [3.8, 4) is 33.4 Å². The van der Waals surface area contributed by atoms with E-state index in [4.69, 9.17) is 23.2 Å². The van der Waals surface area contributed by atoms with Gasteiger partial charge in [0, 0.05) is 20.1 Å². The fraction of sp³-hybridized carbons (Fsp3) is 0.0400. The van der Waals surface area contributed by atoms with Gasteiger partial charge in [-0.25, -0.2) is 0 Å². The van der Waals surface area contributed by atoms with Crippen molar-refractivity contribution in [3.63, 3.8) is 0 Å². The van der Waals surface area contributed by atoms with E-state index in [1.165, 1.54) is 27.8 Å². The topological polar surface area (TPSA) is 0 Å². The summed E-state index contributed by atoms with van der Waals surface area (Å²) in [5.74, 6) is 0. The molecule has 0 amide bonds. The Morgan fingerprint density at radius 2 is 1.32 bits per heavy atom. The zero-order valence-electron chi connectivity index (χ0n) is 14.8. The Morgan fingerprint density at radius 1 is 0.607 bits per heavy atom. The summed E-state index contributed by atoms with van der Waals surface area (Å²) >= 11 is 16.2. The van der Waals surface area contributed by atoms with Gasteiger partial charge in [0.1, 0.15) is 0 Å². The van der Waals surface area contributed by atoms with Gasteiger partial charge in [0.2, 0.25) is 0 Å². The molecule has 0 nitrogen and oxygen atoms in total. The average molecular weight is 466 g/mol. The van der Waals surface area contributed by atoms with Crippen molar-refractivity contribution in [2.24, 2.45) is 0 Å². The zero-order valence-corrected chi connectivity index (χ0v) is 17.9. The van der Waals surface area contributed by atoms with Gasteiger partial charge in [-0.1, -0.05) is 87.7 Å². The maximum Gasteiger partial charge on any atom is 0.0499 e. The van der Waals surface area contributed by atoms with Gasteiger partial charge < -0.3 is 0 Å². The SMILES string of the molecule is Clc1ccc(-c2cc(-c3ccc4c(c3)-c3ccccc3C4)ccc2Br)c(Cl)c1. The summed E-state index contributed by atoms with van der Waals surface area (Å²) in [6, 6.07) is 27.4. The molecule has 5 rings (SSSR count). The van der Waals surface area contributed by atoms with Crippen molar-refractivity contribution >= 4 is 39.1 Å².